The van der Waals surface area contributed by atoms with E-state index in [0.29, 0.717) is 0 Å². The third-order valence-corrected chi connectivity index (χ3v) is 3.72. The van der Waals surface area contributed by atoms with E-state index >= 15 is 0 Å². The quantitative estimate of drug-likeness (QED) is 0.491. The molecule has 8 nitrogen and oxygen atoms in total. The normalized spacial score (nSPS) is 10.6. The van der Waals surface area contributed by atoms with E-state index in [-0.39, 0.29) is 18.5 Å². The Morgan fingerprint density at radius 2 is 1.88 bits per heavy atom. The van der Waals surface area contributed by atoms with Crippen LogP contribution in [0.25, 0.3) is 21.8 Å². The van der Waals surface area contributed by atoms with Gasteiger partial charge in [0.2, 0.25) is 5.91 Å². The van der Waals surface area contributed by atoms with Crippen molar-refractivity contribution in [2.24, 2.45) is 0 Å². The number of pyridine rings is 1. The van der Waals surface area contributed by atoms with Crippen LogP contribution < -0.4 is 10.9 Å². The number of methoxy groups -OCH3 is 1. The number of H-pyrrole nitrogens is 1. The Bertz CT molecular complexity index is 964. The summed E-state index contributed by atoms with van der Waals surface area (Å²) in [5, 5.41) is 1.85. The van der Waals surface area contributed by atoms with E-state index < -0.39 is 17.8 Å². The molecule has 128 valence electrons. The first-order valence-corrected chi connectivity index (χ1v) is 7.61. The number of aromatic amines is 1. The van der Waals surface area contributed by atoms with Gasteiger partial charge in [0.15, 0.2) is 0 Å². The molecule has 2 aromatic heterocycles. The van der Waals surface area contributed by atoms with E-state index in [0.717, 1.165) is 21.8 Å². The first kappa shape index (κ1) is 16.4. The van der Waals surface area contributed by atoms with Crippen LogP contribution in [0.3, 0.4) is 0 Å². The fourth-order valence-corrected chi connectivity index (χ4v) is 2.44. The van der Waals surface area contributed by atoms with Crippen molar-refractivity contribution in [1.82, 2.24) is 20.8 Å². The largest absolute Gasteiger partial charge is 0.469 e. The monoisotopic (exact) mass is 340 g/mol. The van der Waals surface area contributed by atoms with E-state index in [1.807, 2.05) is 24.3 Å². The van der Waals surface area contributed by atoms with Crippen molar-refractivity contribution in [3.63, 3.8) is 0 Å². The summed E-state index contributed by atoms with van der Waals surface area (Å²) in [7, 11) is 1.24. The maximum Gasteiger partial charge on any atom is 0.306 e. The minimum Gasteiger partial charge on any atom is -0.469 e. The van der Waals surface area contributed by atoms with Crippen LogP contribution in [0.15, 0.2) is 36.5 Å². The summed E-state index contributed by atoms with van der Waals surface area (Å²) < 4.78 is 4.44. The summed E-state index contributed by atoms with van der Waals surface area (Å²) in [5.41, 5.74) is 6.47. The molecule has 0 spiro atoms. The molecule has 2 amide bonds. The number of nitrogens with zero attached hydrogens (tertiary/aromatic N) is 1. The van der Waals surface area contributed by atoms with Crippen LogP contribution >= 0.6 is 0 Å². The van der Waals surface area contributed by atoms with Gasteiger partial charge in [-0.15, -0.1) is 0 Å². The zero-order valence-electron chi connectivity index (χ0n) is 13.5. The number of hydrogen-bond acceptors (Lipinski definition) is 5. The predicted octanol–water partition coefficient (Wildman–Crippen LogP) is 1.43. The van der Waals surface area contributed by atoms with Crippen molar-refractivity contribution in [3.8, 4) is 0 Å². The lowest BCUT2D eigenvalue weighted by atomic mass is 10.1. The molecule has 0 radical (unpaired) electrons. The summed E-state index contributed by atoms with van der Waals surface area (Å²) in [5.74, 6) is -1.53. The number of fused-ring (bicyclic) bond motifs is 3. The molecule has 0 fully saturated rings. The smallest absolute Gasteiger partial charge is 0.306 e. The molecule has 3 rings (SSSR count). The van der Waals surface area contributed by atoms with Crippen LogP contribution in [-0.4, -0.2) is 34.9 Å². The number of aromatic nitrogens is 2. The second kappa shape index (κ2) is 7.00. The Labute approximate surface area is 142 Å². The second-order valence-electron chi connectivity index (χ2n) is 5.36. The molecule has 0 saturated heterocycles. The van der Waals surface area contributed by atoms with Gasteiger partial charge in [-0.2, -0.15) is 0 Å². The molecule has 0 atom stereocenters. The maximum absolute atomic E-state index is 12.2. The standard InChI is InChI=1S/C17H16N4O4/c1-25-16(23)7-6-15(22)20-21-17(24)13-8-11-10-4-2-3-5-12(10)19-14(11)9-18-13/h2-5,8-9,19H,6-7H2,1H3,(H,20,22)(H,21,24). The van der Waals surface area contributed by atoms with Crippen LogP contribution in [0.2, 0.25) is 0 Å². The van der Waals surface area contributed by atoms with Gasteiger partial charge in [0.25, 0.3) is 5.91 Å². The maximum atomic E-state index is 12.2. The lowest BCUT2D eigenvalue weighted by Crippen LogP contribution is -2.42. The van der Waals surface area contributed by atoms with Crippen molar-refractivity contribution in [1.29, 1.82) is 0 Å². The van der Waals surface area contributed by atoms with Gasteiger partial charge >= 0.3 is 5.97 Å². The minimum absolute atomic E-state index is 0.0578. The molecule has 0 aliphatic heterocycles. The van der Waals surface area contributed by atoms with E-state index in [1.165, 1.54) is 7.11 Å². The van der Waals surface area contributed by atoms with Crippen molar-refractivity contribution in [2.45, 2.75) is 12.8 Å². The van der Waals surface area contributed by atoms with Crippen molar-refractivity contribution in [3.05, 3.63) is 42.2 Å². The van der Waals surface area contributed by atoms with Crippen LogP contribution in [0.1, 0.15) is 23.3 Å². The molecule has 0 saturated carbocycles. The summed E-state index contributed by atoms with van der Waals surface area (Å²) in [4.78, 5) is 42.0. The van der Waals surface area contributed by atoms with Crippen molar-refractivity contribution in [2.75, 3.05) is 7.11 Å². The number of para-hydroxylation sites is 1. The highest BCUT2D eigenvalue weighted by Gasteiger charge is 2.12. The van der Waals surface area contributed by atoms with Crippen LogP contribution in [0.5, 0.6) is 0 Å². The van der Waals surface area contributed by atoms with Gasteiger partial charge < -0.3 is 9.72 Å². The number of rotatable bonds is 4. The van der Waals surface area contributed by atoms with E-state index in [2.05, 4.69) is 25.6 Å². The lowest BCUT2D eigenvalue weighted by molar-refractivity contribution is -0.142. The molecule has 25 heavy (non-hydrogen) atoms. The van der Waals surface area contributed by atoms with Gasteiger partial charge in [-0.1, -0.05) is 18.2 Å². The van der Waals surface area contributed by atoms with E-state index in [4.69, 9.17) is 0 Å². The average Bonchev–Trinajstić information content (AvgIpc) is 3.01. The zero-order chi connectivity index (χ0) is 17.8. The molecule has 1 aromatic carbocycles. The highest BCUT2D eigenvalue weighted by molar-refractivity contribution is 6.09. The Morgan fingerprint density at radius 1 is 1.08 bits per heavy atom. The molecule has 3 N–H and O–H groups in total. The summed E-state index contributed by atoms with van der Waals surface area (Å²) in [6.45, 7) is 0. The minimum atomic E-state index is -0.543. The number of hydrazine groups is 1. The fraction of sp³-hybridized carbons (Fsp3) is 0.176. The SMILES string of the molecule is COC(=O)CCC(=O)NNC(=O)c1cc2c(cn1)[nH]c1ccccc12. The Kier molecular flexibility index (Phi) is 4.60. The lowest BCUT2D eigenvalue weighted by Gasteiger charge is -2.06. The summed E-state index contributed by atoms with van der Waals surface area (Å²) in [6, 6.07) is 9.38. The number of hydrogen-bond donors (Lipinski definition) is 3. The predicted molar refractivity (Wildman–Crippen MR) is 90.5 cm³/mol. The second-order valence-corrected chi connectivity index (χ2v) is 5.36. The highest BCUT2D eigenvalue weighted by Crippen LogP contribution is 2.24. The number of esters is 1. The number of nitrogens with one attached hydrogen (secondary N) is 3. The van der Waals surface area contributed by atoms with Gasteiger partial charge in [-0.3, -0.25) is 25.2 Å². The summed E-state index contributed by atoms with van der Waals surface area (Å²) >= 11 is 0. The number of benzene rings is 1. The van der Waals surface area contributed by atoms with E-state index in [9.17, 15) is 14.4 Å². The fourth-order valence-electron chi connectivity index (χ4n) is 2.44. The molecular weight excluding hydrogens is 324 g/mol. The van der Waals surface area contributed by atoms with Gasteiger partial charge in [0.05, 0.1) is 25.2 Å². The Morgan fingerprint density at radius 3 is 2.68 bits per heavy atom. The van der Waals surface area contributed by atoms with Gasteiger partial charge in [-0.05, 0) is 12.1 Å². The molecule has 0 aliphatic rings. The molecular formula is C17H16N4O4. The van der Waals surface area contributed by atoms with Crippen molar-refractivity contribution < 1.29 is 19.1 Å². The van der Waals surface area contributed by atoms with Crippen LogP contribution in [0, 0.1) is 0 Å². The number of carbonyl (C=O) groups excluding carboxylic acids is 3. The Balaban J connectivity index is 1.69. The number of ether oxygens (including phenoxy) is 1. The highest BCUT2D eigenvalue weighted by atomic mass is 16.5. The first-order chi connectivity index (χ1) is 12.1. The first-order valence-electron chi connectivity index (χ1n) is 7.61. The number of amides is 2. The van der Waals surface area contributed by atoms with Gasteiger partial charge in [-0.25, -0.2) is 4.98 Å². The van der Waals surface area contributed by atoms with E-state index in [1.54, 1.807) is 12.3 Å². The molecule has 0 unspecified atom stereocenters. The third kappa shape index (κ3) is 3.57. The molecule has 0 aliphatic carbocycles. The molecule has 2 heterocycles. The van der Waals surface area contributed by atoms with Crippen LogP contribution in [0.4, 0.5) is 0 Å². The van der Waals surface area contributed by atoms with Gasteiger partial charge in [0.1, 0.15) is 5.69 Å². The molecule has 3 aromatic rings. The third-order valence-electron chi connectivity index (χ3n) is 3.72. The number of carbonyl (C=O) groups is 3. The average molecular weight is 340 g/mol. The van der Waals surface area contributed by atoms with Crippen molar-refractivity contribution >= 4 is 39.6 Å². The Hall–Kier alpha value is -3.42. The van der Waals surface area contributed by atoms with Crippen LogP contribution in [-0.2, 0) is 14.3 Å². The zero-order valence-corrected chi connectivity index (χ0v) is 13.5. The summed E-state index contributed by atoms with van der Waals surface area (Å²) in [6.07, 6.45) is 1.43. The van der Waals surface area contributed by atoms with Gasteiger partial charge in [0, 0.05) is 22.7 Å². The molecule has 8 heteroatoms. The molecule has 0 bridgehead atoms. The topological polar surface area (TPSA) is 113 Å².